The number of carbonyl (C=O) groups is 2. The van der Waals surface area contributed by atoms with Gasteiger partial charge in [-0.2, -0.15) is 0 Å². The molecule has 0 spiro atoms. The number of benzene rings is 1. The molecular formula is C12H17ClFN3O2. The maximum Gasteiger partial charge on any atom is 0.239 e. The molecule has 0 unspecified atom stereocenters. The van der Waals surface area contributed by atoms with Gasteiger partial charge in [-0.3, -0.25) is 9.59 Å². The van der Waals surface area contributed by atoms with Crippen molar-refractivity contribution < 1.29 is 14.0 Å². The average Bonchev–Trinajstić information content (AvgIpc) is 2.38. The van der Waals surface area contributed by atoms with Gasteiger partial charge in [0.15, 0.2) is 0 Å². The number of hydrogen-bond acceptors (Lipinski definition) is 3. The monoisotopic (exact) mass is 289 g/mol. The summed E-state index contributed by atoms with van der Waals surface area (Å²) in [6.07, 6.45) is 0.608. The minimum absolute atomic E-state index is 0. The Bertz CT molecular complexity index is 412. The summed E-state index contributed by atoms with van der Waals surface area (Å²) in [6.45, 7) is 0.214. The van der Waals surface area contributed by atoms with E-state index in [1.54, 1.807) is 12.1 Å². The molecule has 0 radical (unpaired) electrons. The largest absolute Gasteiger partial charge is 0.354 e. The molecule has 0 saturated carbocycles. The lowest BCUT2D eigenvalue weighted by atomic mass is 10.1. The van der Waals surface area contributed by atoms with Crippen LogP contribution in [0.3, 0.4) is 0 Å². The molecule has 4 N–H and O–H groups in total. The summed E-state index contributed by atoms with van der Waals surface area (Å²) in [4.78, 5) is 22.1. The van der Waals surface area contributed by atoms with E-state index < -0.39 is 0 Å². The summed E-state index contributed by atoms with van der Waals surface area (Å²) in [5.41, 5.74) is 6.01. The van der Waals surface area contributed by atoms with Gasteiger partial charge in [-0.1, -0.05) is 12.1 Å². The van der Waals surface area contributed by atoms with Gasteiger partial charge < -0.3 is 16.4 Å². The van der Waals surface area contributed by atoms with E-state index in [0.29, 0.717) is 13.0 Å². The van der Waals surface area contributed by atoms with E-state index in [9.17, 15) is 14.0 Å². The summed E-state index contributed by atoms with van der Waals surface area (Å²) < 4.78 is 12.6. The molecule has 0 fully saturated rings. The van der Waals surface area contributed by atoms with Crippen LogP contribution in [0.15, 0.2) is 24.3 Å². The minimum atomic E-state index is -0.372. The first kappa shape index (κ1) is 17.3. The highest BCUT2D eigenvalue weighted by atomic mass is 35.5. The number of halogens is 2. The van der Waals surface area contributed by atoms with Gasteiger partial charge in [-0.15, -0.1) is 12.4 Å². The van der Waals surface area contributed by atoms with Crippen LogP contribution >= 0.6 is 12.4 Å². The molecule has 0 atom stereocenters. The minimum Gasteiger partial charge on any atom is -0.354 e. The van der Waals surface area contributed by atoms with Crippen LogP contribution in [0, 0.1) is 5.82 Å². The van der Waals surface area contributed by atoms with Crippen LogP contribution in [-0.2, 0) is 16.0 Å². The van der Waals surface area contributed by atoms with E-state index in [1.807, 2.05) is 0 Å². The van der Waals surface area contributed by atoms with Gasteiger partial charge in [-0.25, -0.2) is 4.39 Å². The van der Waals surface area contributed by atoms with Crippen LogP contribution in [-0.4, -0.2) is 31.4 Å². The molecular weight excluding hydrogens is 273 g/mol. The van der Waals surface area contributed by atoms with Gasteiger partial charge >= 0.3 is 0 Å². The summed E-state index contributed by atoms with van der Waals surface area (Å²) in [5, 5.41) is 5.00. The second-order valence-electron chi connectivity index (χ2n) is 3.71. The zero-order valence-corrected chi connectivity index (χ0v) is 11.1. The number of nitrogens with one attached hydrogen (secondary N) is 2. The predicted molar refractivity (Wildman–Crippen MR) is 72.4 cm³/mol. The van der Waals surface area contributed by atoms with Crippen molar-refractivity contribution in [2.45, 2.75) is 6.42 Å². The fourth-order valence-electron chi connectivity index (χ4n) is 1.31. The van der Waals surface area contributed by atoms with Crippen LogP contribution in [0.2, 0.25) is 0 Å². The van der Waals surface area contributed by atoms with Crippen molar-refractivity contribution in [3.63, 3.8) is 0 Å². The molecule has 7 heteroatoms. The molecule has 19 heavy (non-hydrogen) atoms. The van der Waals surface area contributed by atoms with Crippen LogP contribution in [0.4, 0.5) is 4.39 Å². The van der Waals surface area contributed by atoms with Gasteiger partial charge in [0.2, 0.25) is 11.8 Å². The molecule has 0 aromatic heterocycles. The maximum atomic E-state index is 12.6. The van der Waals surface area contributed by atoms with Gasteiger partial charge in [0.05, 0.1) is 13.1 Å². The van der Waals surface area contributed by atoms with Crippen molar-refractivity contribution in [1.82, 2.24) is 10.6 Å². The zero-order chi connectivity index (χ0) is 13.4. The fourth-order valence-corrected chi connectivity index (χ4v) is 1.31. The molecule has 0 saturated heterocycles. The molecule has 106 valence electrons. The standard InChI is InChI=1S/C12H16FN3O2.ClH/c13-10-3-1-9(2-4-10)5-6-15-12(18)8-16-11(17)7-14;/h1-4H,5-8,14H2,(H,15,18)(H,16,17);1H. The number of hydrogen-bond donors (Lipinski definition) is 3. The Morgan fingerprint density at radius 3 is 2.32 bits per heavy atom. The Morgan fingerprint density at radius 1 is 1.11 bits per heavy atom. The van der Waals surface area contributed by atoms with E-state index in [0.717, 1.165) is 5.56 Å². The third-order valence-corrected chi connectivity index (χ3v) is 2.28. The zero-order valence-electron chi connectivity index (χ0n) is 10.3. The Kier molecular flexibility index (Phi) is 8.48. The van der Waals surface area contributed by atoms with Crippen molar-refractivity contribution in [2.75, 3.05) is 19.6 Å². The molecule has 5 nitrogen and oxygen atoms in total. The molecule has 1 aromatic rings. The number of rotatable bonds is 6. The molecule has 2 amide bonds. The van der Waals surface area contributed by atoms with E-state index in [1.165, 1.54) is 12.1 Å². The number of carbonyl (C=O) groups excluding carboxylic acids is 2. The van der Waals surface area contributed by atoms with Gasteiger partial charge in [0.25, 0.3) is 0 Å². The maximum absolute atomic E-state index is 12.6. The van der Waals surface area contributed by atoms with Gasteiger partial charge in [-0.05, 0) is 24.1 Å². The third kappa shape index (κ3) is 7.38. The highest BCUT2D eigenvalue weighted by Gasteiger charge is 2.03. The second kappa shape index (κ2) is 9.29. The molecule has 0 aliphatic rings. The van der Waals surface area contributed by atoms with E-state index in [2.05, 4.69) is 10.6 Å². The Hall–Kier alpha value is -1.66. The van der Waals surface area contributed by atoms with Crippen LogP contribution in [0.1, 0.15) is 5.56 Å². The second-order valence-corrected chi connectivity index (χ2v) is 3.71. The summed E-state index contributed by atoms with van der Waals surface area (Å²) >= 11 is 0. The summed E-state index contributed by atoms with van der Waals surface area (Å²) in [5.74, 6) is -0.935. The summed E-state index contributed by atoms with van der Waals surface area (Å²) in [7, 11) is 0. The first-order valence-electron chi connectivity index (χ1n) is 5.59. The van der Waals surface area contributed by atoms with E-state index >= 15 is 0 Å². The van der Waals surface area contributed by atoms with Crippen molar-refractivity contribution >= 4 is 24.2 Å². The normalized spacial score (nSPS) is 9.37. The first-order valence-corrected chi connectivity index (χ1v) is 5.59. The first-order chi connectivity index (χ1) is 8.61. The lowest BCUT2D eigenvalue weighted by Crippen LogP contribution is -2.40. The quantitative estimate of drug-likeness (QED) is 0.688. The lowest BCUT2D eigenvalue weighted by Gasteiger charge is -2.06. The molecule has 1 rings (SSSR count). The molecule has 0 heterocycles. The fraction of sp³-hybridized carbons (Fsp3) is 0.333. The van der Waals surface area contributed by atoms with Crippen LogP contribution < -0.4 is 16.4 Å². The predicted octanol–water partition coefficient (Wildman–Crippen LogP) is -0.0189. The Morgan fingerprint density at radius 2 is 1.74 bits per heavy atom. The molecule has 0 aliphatic carbocycles. The van der Waals surface area contributed by atoms with Crippen LogP contribution in [0.25, 0.3) is 0 Å². The highest BCUT2D eigenvalue weighted by molar-refractivity contribution is 5.85. The topological polar surface area (TPSA) is 84.2 Å². The highest BCUT2D eigenvalue weighted by Crippen LogP contribution is 2.02. The van der Waals surface area contributed by atoms with E-state index in [4.69, 9.17) is 5.73 Å². The van der Waals surface area contributed by atoms with Crippen molar-refractivity contribution in [3.05, 3.63) is 35.6 Å². The smallest absolute Gasteiger partial charge is 0.239 e. The molecule has 0 aliphatic heterocycles. The van der Waals surface area contributed by atoms with Crippen molar-refractivity contribution in [1.29, 1.82) is 0 Å². The van der Waals surface area contributed by atoms with Crippen LogP contribution in [0.5, 0.6) is 0 Å². The molecule has 1 aromatic carbocycles. The van der Waals surface area contributed by atoms with Gasteiger partial charge in [0.1, 0.15) is 5.82 Å². The molecule has 0 bridgehead atoms. The Balaban J connectivity index is 0.00000324. The third-order valence-electron chi connectivity index (χ3n) is 2.28. The lowest BCUT2D eigenvalue weighted by molar-refractivity contribution is -0.125. The number of amides is 2. The SMILES string of the molecule is Cl.NCC(=O)NCC(=O)NCCc1ccc(F)cc1. The van der Waals surface area contributed by atoms with E-state index in [-0.39, 0.29) is 43.1 Å². The summed E-state index contributed by atoms with van der Waals surface area (Å²) in [6, 6.07) is 6.08. The number of nitrogens with two attached hydrogens (primary N) is 1. The Labute approximate surface area is 117 Å². The average molecular weight is 290 g/mol. The van der Waals surface area contributed by atoms with Crippen molar-refractivity contribution in [2.24, 2.45) is 5.73 Å². The van der Waals surface area contributed by atoms with Crippen molar-refractivity contribution in [3.8, 4) is 0 Å². The van der Waals surface area contributed by atoms with Gasteiger partial charge in [0, 0.05) is 6.54 Å².